The summed E-state index contributed by atoms with van der Waals surface area (Å²) in [6.45, 7) is 5.86. The van der Waals surface area contributed by atoms with E-state index in [1.165, 1.54) is 24.8 Å². The third-order valence-electron chi connectivity index (χ3n) is 4.25. The van der Waals surface area contributed by atoms with Crippen molar-refractivity contribution < 1.29 is 0 Å². The third kappa shape index (κ3) is 3.53. The maximum atomic E-state index is 4.15. The molecule has 1 fully saturated rings. The van der Waals surface area contributed by atoms with Crippen LogP contribution in [0.2, 0.25) is 0 Å². The lowest BCUT2D eigenvalue weighted by Gasteiger charge is -2.34. The second kappa shape index (κ2) is 6.15. The van der Waals surface area contributed by atoms with Crippen LogP contribution in [0.25, 0.3) is 0 Å². The molecule has 2 rings (SSSR count). The largest absolute Gasteiger partial charge is 0.313 e. The van der Waals surface area contributed by atoms with E-state index in [1.54, 1.807) is 0 Å². The van der Waals surface area contributed by atoms with Gasteiger partial charge in [0, 0.05) is 18.4 Å². The Hall–Kier alpha value is -0.890. The van der Waals surface area contributed by atoms with E-state index in [4.69, 9.17) is 0 Å². The molecule has 2 nitrogen and oxygen atoms in total. The van der Waals surface area contributed by atoms with Gasteiger partial charge in [0.1, 0.15) is 0 Å². The molecule has 1 aliphatic rings. The zero-order valence-electron chi connectivity index (χ0n) is 11.0. The molecule has 0 amide bonds. The SMILES string of the molecule is CC1CCCC(NCCc2cccnc2)C1C. The average Bonchev–Trinajstić information content (AvgIpc) is 2.36. The van der Waals surface area contributed by atoms with Gasteiger partial charge in [0.25, 0.3) is 0 Å². The molecular weight excluding hydrogens is 208 g/mol. The Labute approximate surface area is 105 Å². The Balaban J connectivity index is 1.75. The van der Waals surface area contributed by atoms with Crippen LogP contribution in [0.5, 0.6) is 0 Å². The number of hydrogen-bond acceptors (Lipinski definition) is 2. The highest BCUT2D eigenvalue weighted by Gasteiger charge is 2.26. The first-order valence-corrected chi connectivity index (χ1v) is 6.89. The number of rotatable bonds is 4. The van der Waals surface area contributed by atoms with Gasteiger partial charge in [-0.2, -0.15) is 0 Å². The van der Waals surface area contributed by atoms with E-state index in [1.807, 2.05) is 18.5 Å². The molecule has 1 heterocycles. The maximum Gasteiger partial charge on any atom is 0.0300 e. The summed E-state index contributed by atoms with van der Waals surface area (Å²) in [7, 11) is 0. The standard InChI is InChI=1S/C15H24N2/c1-12-5-3-7-15(13(12)2)17-10-8-14-6-4-9-16-11-14/h4,6,9,11-13,15,17H,3,5,7-8,10H2,1-2H3. The van der Waals surface area contributed by atoms with Gasteiger partial charge in [0.05, 0.1) is 0 Å². The van der Waals surface area contributed by atoms with Crippen molar-refractivity contribution in [3.63, 3.8) is 0 Å². The average molecular weight is 232 g/mol. The summed E-state index contributed by atoms with van der Waals surface area (Å²) in [4.78, 5) is 4.15. The topological polar surface area (TPSA) is 24.9 Å². The molecular formula is C15H24N2. The van der Waals surface area contributed by atoms with E-state index in [0.29, 0.717) is 0 Å². The summed E-state index contributed by atoms with van der Waals surface area (Å²) in [5, 5.41) is 3.72. The highest BCUT2D eigenvalue weighted by atomic mass is 14.9. The maximum absolute atomic E-state index is 4.15. The molecule has 3 unspecified atom stereocenters. The van der Waals surface area contributed by atoms with Crippen molar-refractivity contribution in [2.75, 3.05) is 6.54 Å². The summed E-state index contributed by atoms with van der Waals surface area (Å²) in [6, 6.07) is 4.89. The van der Waals surface area contributed by atoms with Gasteiger partial charge >= 0.3 is 0 Å². The summed E-state index contributed by atoms with van der Waals surface area (Å²) in [6.07, 6.45) is 9.03. The van der Waals surface area contributed by atoms with Crippen molar-refractivity contribution in [1.29, 1.82) is 0 Å². The molecule has 0 bridgehead atoms. The fourth-order valence-electron chi connectivity index (χ4n) is 2.82. The van der Waals surface area contributed by atoms with Crippen LogP contribution in [-0.4, -0.2) is 17.6 Å². The van der Waals surface area contributed by atoms with Gasteiger partial charge in [-0.15, -0.1) is 0 Å². The molecule has 0 spiro atoms. The van der Waals surface area contributed by atoms with Crippen LogP contribution in [0.1, 0.15) is 38.7 Å². The van der Waals surface area contributed by atoms with E-state index < -0.39 is 0 Å². The number of aromatic nitrogens is 1. The van der Waals surface area contributed by atoms with E-state index >= 15 is 0 Å². The van der Waals surface area contributed by atoms with Crippen LogP contribution in [0.3, 0.4) is 0 Å². The quantitative estimate of drug-likeness (QED) is 0.863. The van der Waals surface area contributed by atoms with E-state index in [2.05, 4.69) is 30.2 Å². The van der Waals surface area contributed by atoms with Crippen LogP contribution in [-0.2, 0) is 6.42 Å². The summed E-state index contributed by atoms with van der Waals surface area (Å²) >= 11 is 0. The summed E-state index contributed by atoms with van der Waals surface area (Å²) in [5.41, 5.74) is 1.33. The van der Waals surface area contributed by atoms with Crippen molar-refractivity contribution in [3.05, 3.63) is 30.1 Å². The Morgan fingerprint density at radius 1 is 1.35 bits per heavy atom. The fourth-order valence-corrected chi connectivity index (χ4v) is 2.82. The first-order chi connectivity index (χ1) is 8.27. The Bertz CT molecular complexity index is 323. The number of nitrogens with zero attached hydrogens (tertiary/aromatic N) is 1. The van der Waals surface area contributed by atoms with Crippen LogP contribution in [0.4, 0.5) is 0 Å². The predicted molar refractivity (Wildman–Crippen MR) is 71.9 cm³/mol. The molecule has 0 radical (unpaired) electrons. The molecule has 1 aromatic heterocycles. The highest BCUT2D eigenvalue weighted by molar-refractivity contribution is 5.08. The molecule has 94 valence electrons. The lowest BCUT2D eigenvalue weighted by Crippen LogP contribution is -2.41. The molecule has 17 heavy (non-hydrogen) atoms. The minimum Gasteiger partial charge on any atom is -0.313 e. The Kier molecular flexibility index (Phi) is 4.55. The summed E-state index contributed by atoms with van der Waals surface area (Å²) in [5.74, 6) is 1.69. The smallest absolute Gasteiger partial charge is 0.0300 e. The van der Waals surface area contributed by atoms with Gasteiger partial charge in [0.2, 0.25) is 0 Å². The zero-order chi connectivity index (χ0) is 12.1. The van der Waals surface area contributed by atoms with Crippen LogP contribution in [0.15, 0.2) is 24.5 Å². The van der Waals surface area contributed by atoms with Gasteiger partial charge in [-0.1, -0.05) is 32.8 Å². The lowest BCUT2D eigenvalue weighted by atomic mass is 9.78. The number of hydrogen-bond donors (Lipinski definition) is 1. The van der Waals surface area contributed by atoms with E-state index in [0.717, 1.165) is 30.8 Å². The van der Waals surface area contributed by atoms with Crippen LogP contribution < -0.4 is 5.32 Å². The van der Waals surface area contributed by atoms with E-state index in [9.17, 15) is 0 Å². The molecule has 1 saturated carbocycles. The molecule has 2 heteroatoms. The molecule has 1 aromatic rings. The Morgan fingerprint density at radius 3 is 3.00 bits per heavy atom. The monoisotopic (exact) mass is 232 g/mol. The normalized spacial score (nSPS) is 29.2. The van der Waals surface area contributed by atoms with Gasteiger partial charge in [-0.05, 0) is 42.9 Å². The van der Waals surface area contributed by atoms with Gasteiger partial charge in [-0.3, -0.25) is 4.98 Å². The lowest BCUT2D eigenvalue weighted by molar-refractivity contribution is 0.208. The highest BCUT2D eigenvalue weighted by Crippen LogP contribution is 2.29. The first-order valence-electron chi connectivity index (χ1n) is 6.89. The van der Waals surface area contributed by atoms with Gasteiger partial charge in [-0.25, -0.2) is 0 Å². The predicted octanol–water partition coefficient (Wildman–Crippen LogP) is 3.04. The second-order valence-electron chi connectivity index (χ2n) is 5.44. The second-order valence-corrected chi connectivity index (χ2v) is 5.44. The fraction of sp³-hybridized carbons (Fsp3) is 0.667. The Morgan fingerprint density at radius 2 is 2.24 bits per heavy atom. The zero-order valence-corrected chi connectivity index (χ0v) is 11.0. The number of nitrogens with one attached hydrogen (secondary N) is 1. The van der Waals surface area contributed by atoms with Crippen LogP contribution in [0, 0.1) is 11.8 Å². The first kappa shape index (κ1) is 12.6. The van der Waals surface area contributed by atoms with Crippen molar-refractivity contribution in [1.82, 2.24) is 10.3 Å². The van der Waals surface area contributed by atoms with Crippen molar-refractivity contribution in [3.8, 4) is 0 Å². The minimum absolute atomic E-state index is 0.718. The van der Waals surface area contributed by atoms with Crippen molar-refractivity contribution in [2.24, 2.45) is 11.8 Å². The van der Waals surface area contributed by atoms with Gasteiger partial charge < -0.3 is 5.32 Å². The molecule has 0 saturated heterocycles. The molecule has 0 aliphatic heterocycles. The number of pyridine rings is 1. The molecule has 1 N–H and O–H groups in total. The summed E-state index contributed by atoms with van der Waals surface area (Å²) < 4.78 is 0. The third-order valence-corrected chi connectivity index (χ3v) is 4.25. The van der Waals surface area contributed by atoms with Crippen LogP contribution >= 0.6 is 0 Å². The van der Waals surface area contributed by atoms with Gasteiger partial charge in [0.15, 0.2) is 0 Å². The molecule has 0 aromatic carbocycles. The molecule has 3 atom stereocenters. The molecule has 1 aliphatic carbocycles. The van der Waals surface area contributed by atoms with Crippen molar-refractivity contribution >= 4 is 0 Å². The van der Waals surface area contributed by atoms with E-state index in [-0.39, 0.29) is 0 Å². The minimum atomic E-state index is 0.718. The van der Waals surface area contributed by atoms with Crippen molar-refractivity contribution in [2.45, 2.75) is 45.6 Å².